The molecule has 0 heterocycles. The first-order chi connectivity index (χ1) is 13.3. The summed E-state index contributed by atoms with van der Waals surface area (Å²) in [6.07, 6.45) is 3.03. The zero-order valence-electron chi connectivity index (χ0n) is 15.7. The molecule has 28 heavy (non-hydrogen) atoms. The maximum atomic E-state index is 12.3. The molecule has 0 spiro atoms. The summed E-state index contributed by atoms with van der Waals surface area (Å²) in [5.41, 5.74) is 1.18. The normalized spacial score (nSPS) is 10.6. The summed E-state index contributed by atoms with van der Waals surface area (Å²) < 4.78 is 11.3. The highest BCUT2D eigenvalue weighted by molar-refractivity contribution is 9.10. The number of hydrogen-bond donors (Lipinski definition) is 1. The van der Waals surface area contributed by atoms with Crippen LogP contribution in [0.25, 0.3) is 6.08 Å². The molecular formula is C20H20BrClN2O4. The smallest absolute Gasteiger partial charge is 0.246 e. The number of likely N-dealkylation sites (N-methyl/N-ethyl adjacent to an activating group) is 1. The van der Waals surface area contributed by atoms with E-state index in [0.717, 1.165) is 10.0 Å². The molecule has 2 aromatic rings. The van der Waals surface area contributed by atoms with E-state index < -0.39 is 0 Å². The minimum atomic E-state index is -0.371. The number of rotatable bonds is 7. The topological polar surface area (TPSA) is 67.9 Å². The molecule has 0 aliphatic heterocycles. The second-order valence-corrected chi connectivity index (χ2v) is 7.16. The Morgan fingerprint density at radius 1 is 1.14 bits per heavy atom. The van der Waals surface area contributed by atoms with E-state index in [1.165, 1.54) is 18.1 Å². The van der Waals surface area contributed by atoms with Crippen LogP contribution in [0.4, 0.5) is 5.69 Å². The number of anilines is 1. The molecule has 0 aromatic heterocycles. The van der Waals surface area contributed by atoms with Gasteiger partial charge in [-0.05, 0) is 42.5 Å². The van der Waals surface area contributed by atoms with Crippen molar-refractivity contribution in [3.63, 3.8) is 0 Å². The number of halogens is 2. The largest absolute Gasteiger partial charge is 0.496 e. The van der Waals surface area contributed by atoms with Crippen molar-refractivity contribution in [1.29, 1.82) is 0 Å². The lowest BCUT2D eigenvalue weighted by atomic mass is 10.2. The van der Waals surface area contributed by atoms with Gasteiger partial charge in [-0.3, -0.25) is 9.59 Å². The van der Waals surface area contributed by atoms with Crippen molar-refractivity contribution >= 4 is 51.1 Å². The van der Waals surface area contributed by atoms with Crippen LogP contribution in [0.2, 0.25) is 5.02 Å². The highest BCUT2D eigenvalue weighted by Gasteiger charge is 2.13. The number of hydrogen-bond acceptors (Lipinski definition) is 4. The lowest BCUT2D eigenvalue weighted by Gasteiger charge is -2.16. The van der Waals surface area contributed by atoms with Gasteiger partial charge in [-0.2, -0.15) is 0 Å². The molecule has 0 saturated heterocycles. The highest BCUT2D eigenvalue weighted by atomic mass is 79.9. The quantitative estimate of drug-likeness (QED) is 0.619. The van der Waals surface area contributed by atoms with Gasteiger partial charge in [-0.15, -0.1) is 0 Å². The highest BCUT2D eigenvalue weighted by Crippen LogP contribution is 2.27. The third-order valence-corrected chi connectivity index (χ3v) is 4.52. The van der Waals surface area contributed by atoms with Gasteiger partial charge >= 0.3 is 0 Å². The second-order valence-electron chi connectivity index (χ2n) is 5.81. The average molecular weight is 468 g/mol. The Labute approximate surface area is 177 Å². The van der Waals surface area contributed by atoms with E-state index in [-0.39, 0.29) is 18.4 Å². The Bertz CT molecular complexity index is 902. The summed E-state index contributed by atoms with van der Waals surface area (Å²) in [6.45, 7) is -0.130. The van der Waals surface area contributed by atoms with Gasteiger partial charge in [-0.25, -0.2) is 0 Å². The molecular weight excluding hydrogens is 448 g/mol. The van der Waals surface area contributed by atoms with Gasteiger partial charge in [0.2, 0.25) is 11.8 Å². The van der Waals surface area contributed by atoms with Crippen LogP contribution in [0.5, 0.6) is 11.5 Å². The maximum Gasteiger partial charge on any atom is 0.246 e. The maximum absolute atomic E-state index is 12.3. The molecule has 0 unspecified atom stereocenters. The molecule has 0 fully saturated rings. The lowest BCUT2D eigenvalue weighted by molar-refractivity contribution is -0.129. The SMILES string of the molecule is COc1ccc(Br)cc1/C=C/C(=O)N(C)CC(=O)Nc1cc(Cl)ccc1OC. The predicted molar refractivity (Wildman–Crippen MR) is 114 cm³/mol. The molecule has 2 rings (SSSR count). The Kier molecular flexibility index (Phi) is 7.90. The van der Waals surface area contributed by atoms with Gasteiger partial charge in [0.05, 0.1) is 26.5 Å². The van der Waals surface area contributed by atoms with E-state index >= 15 is 0 Å². The Morgan fingerprint density at radius 3 is 2.50 bits per heavy atom. The van der Waals surface area contributed by atoms with Crippen molar-refractivity contribution in [1.82, 2.24) is 4.90 Å². The van der Waals surface area contributed by atoms with E-state index in [2.05, 4.69) is 21.2 Å². The fraction of sp³-hybridized carbons (Fsp3) is 0.200. The minimum Gasteiger partial charge on any atom is -0.496 e. The van der Waals surface area contributed by atoms with Gasteiger partial charge in [-0.1, -0.05) is 27.5 Å². The molecule has 8 heteroatoms. The first kappa shape index (κ1) is 21.8. The fourth-order valence-corrected chi connectivity index (χ4v) is 2.94. The molecule has 0 saturated carbocycles. The van der Waals surface area contributed by atoms with Crippen LogP contribution in [-0.4, -0.2) is 44.5 Å². The third kappa shape index (κ3) is 6.00. The first-order valence-electron chi connectivity index (χ1n) is 8.24. The van der Waals surface area contributed by atoms with Crippen LogP contribution >= 0.6 is 27.5 Å². The van der Waals surface area contributed by atoms with Crippen molar-refractivity contribution < 1.29 is 19.1 Å². The summed E-state index contributed by atoms with van der Waals surface area (Å²) in [5.74, 6) is 0.425. The monoisotopic (exact) mass is 466 g/mol. The summed E-state index contributed by atoms with van der Waals surface area (Å²) >= 11 is 9.34. The van der Waals surface area contributed by atoms with Gasteiger partial charge in [0.1, 0.15) is 11.5 Å². The van der Waals surface area contributed by atoms with Crippen molar-refractivity contribution in [2.24, 2.45) is 0 Å². The number of methoxy groups -OCH3 is 2. The molecule has 0 aliphatic rings. The molecule has 0 bridgehead atoms. The number of nitrogens with one attached hydrogen (secondary N) is 1. The third-order valence-electron chi connectivity index (χ3n) is 3.79. The zero-order chi connectivity index (χ0) is 20.7. The average Bonchev–Trinajstić information content (AvgIpc) is 2.66. The van der Waals surface area contributed by atoms with Crippen LogP contribution in [0.3, 0.4) is 0 Å². The van der Waals surface area contributed by atoms with E-state index in [1.54, 1.807) is 44.5 Å². The molecule has 1 N–H and O–H groups in total. The van der Waals surface area contributed by atoms with E-state index in [1.807, 2.05) is 12.1 Å². The van der Waals surface area contributed by atoms with E-state index in [4.69, 9.17) is 21.1 Å². The number of ether oxygens (including phenoxy) is 2. The molecule has 148 valence electrons. The van der Waals surface area contributed by atoms with Crippen LogP contribution in [0.15, 0.2) is 46.9 Å². The van der Waals surface area contributed by atoms with Gasteiger partial charge in [0.15, 0.2) is 0 Å². The van der Waals surface area contributed by atoms with E-state index in [0.29, 0.717) is 22.2 Å². The van der Waals surface area contributed by atoms with Crippen molar-refractivity contribution in [3.8, 4) is 11.5 Å². The molecule has 0 aliphatic carbocycles. The lowest BCUT2D eigenvalue weighted by Crippen LogP contribution is -2.33. The number of benzene rings is 2. The van der Waals surface area contributed by atoms with Gasteiger partial charge in [0.25, 0.3) is 0 Å². The van der Waals surface area contributed by atoms with Crippen LogP contribution in [0, 0.1) is 0 Å². The summed E-state index contributed by atoms with van der Waals surface area (Å²) in [4.78, 5) is 25.9. The Balaban J connectivity index is 2.01. The predicted octanol–water partition coefficient (Wildman–Crippen LogP) is 4.23. The number of nitrogens with zero attached hydrogens (tertiary/aromatic N) is 1. The van der Waals surface area contributed by atoms with Crippen LogP contribution in [0.1, 0.15) is 5.56 Å². The Hall–Kier alpha value is -2.51. The molecule has 0 radical (unpaired) electrons. The van der Waals surface area contributed by atoms with Crippen molar-refractivity contribution in [2.75, 3.05) is 33.1 Å². The first-order valence-corrected chi connectivity index (χ1v) is 9.41. The molecule has 0 atom stereocenters. The Morgan fingerprint density at radius 2 is 1.82 bits per heavy atom. The molecule has 2 aromatic carbocycles. The standard InChI is InChI=1S/C20H20BrClN2O4/c1-24(12-19(25)23-16-11-15(22)6-8-18(16)28-3)20(26)9-4-13-10-14(21)5-7-17(13)27-2/h4-11H,12H2,1-3H3,(H,23,25)/b9-4+. The summed E-state index contributed by atoms with van der Waals surface area (Å²) in [7, 11) is 4.60. The van der Waals surface area contributed by atoms with Crippen LogP contribution in [-0.2, 0) is 9.59 Å². The fourth-order valence-electron chi connectivity index (χ4n) is 2.38. The van der Waals surface area contributed by atoms with Gasteiger partial charge in [0, 0.05) is 28.2 Å². The second kappa shape index (κ2) is 10.1. The van der Waals surface area contributed by atoms with Crippen molar-refractivity contribution in [2.45, 2.75) is 0 Å². The van der Waals surface area contributed by atoms with Crippen molar-refractivity contribution in [3.05, 3.63) is 57.5 Å². The number of amides is 2. The summed E-state index contributed by atoms with van der Waals surface area (Å²) in [6, 6.07) is 10.4. The van der Waals surface area contributed by atoms with Gasteiger partial charge < -0.3 is 19.7 Å². The number of carbonyl (C=O) groups excluding carboxylic acids is 2. The molecule has 2 amide bonds. The summed E-state index contributed by atoms with van der Waals surface area (Å²) in [5, 5.41) is 3.16. The van der Waals surface area contributed by atoms with E-state index in [9.17, 15) is 9.59 Å². The minimum absolute atomic E-state index is 0.130. The zero-order valence-corrected chi connectivity index (χ0v) is 18.0. The molecule has 6 nitrogen and oxygen atoms in total. The van der Waals surface area contributed by atoms with Crippen LogP contribution < -0.4 is 14.8 Å². The number of carbonyl (C=O) groups is 2.